The zero-order chi connectivity index (χ0) is 12.7. The van der Waals surface area contributed by atoms with E-state index in [-0.39, 0.29) is 5.91 Å². The molecule has 90 valence electrons. The second-order valence-electron chi connectivity index (χ2n) is 3.54. The van der Waals surface area contributed by atoms with Gasteiger partial charge < -0.3 is 15.8 Å². The van der Waals surface area contributed by atoms with Gasteiger partial charge in [-0.3, -0.25) is 4.79 Å². The summed E-state index contributed by atoms with van der Waals surface area (Å²) in [7, 11) is 1.53. The molecule has 1 aromatic rings. The molecular formula is C12H15N3O2. The van der Waals surface area contributed by atoms with Crippen molar-refractivity contribution in [2.75, 3.05) is 13.7 Å². The molecule has 0 unspecified atom stereocenters. The fourth-order valence-electron chi connectivity index (χ4n) is 1.38. The number of rotatable bonds is 6. The Labute approximate surface area is 100 Å². The van der Waals surface area contributed by atoms with E-state index >= 15 is 0 Å². The molecule has 3 N–H and O–H groups in total. The molecule has 1 rings (SSSR count). The highest BCUT2D eigenvalue weighted by Gasteiger charge is 2.03. The fourth-order valence-corrected chi connectivity index (χ4v) is 1.38. The molecule has 1 amide bonds. The van der Waals surface area contributed by atoms with E-state index in [1.54, 1.807) is 12.1 Å². The lowest BCUT2D eigenvalue weighted by Crippen LogP contribution is -2.21. The summed E-state index contributed by atoms with van der Waals surface area (Å²) in [5, 5.41) is 11.9. The lowest BCUT2D eigenvalue weighted by atomic mass is 10.1. The minimum absolute atomic E-state index is 0.313. The second kappa shape index (κ2) is 6.51. The molecule has 0 spiro atoms. The van der Waals surface area contributed by atoms with E-state index in [2.05, 4.69) is 5.32 Å². The van der Waals surface area contributed by atoms with Gasteiger partial charge in [-0.1, -0.05) is 6.07 Å². The number of nitriles is 1. The van der Waals surface area contributed by atoms with Crippen LogP contribution >= 0.6 is 0 Å². The van der Waals surface area contributed by atoms with E-state index in [1.807, 2.05) is 12.1 Å². The normalized spacial score (nSPS) is 9.65. The van der Waals surface area contributed by atoms with E-state index in [9.17, 15) is 4.79 Å². The number of amides is 1. The van der Waals surface area contributed by atoms with E-state index in [1.165, 1.54) is 7.11 Å². The summed E-state index contributed by atoms with van der Waals surface area (Å²) in [6, 6.07) is 7.41. The highest BCUT2D eigenvalue weighted by molar-refractivity contribution is 5.73. The molecule has 0 aliphatic heterocycles. The van der Waals surface area contributed by atoms with E-state index < -0.39 is 0 Å². The molecule has 0 aromatic heterocycles. The first-order valence-electron chi connectivity index (χ1n) is 5.23. The van der Waals surface area contributed by atoms with Gasteiger partial charge in [-0.05, 0) is 17.7 Å². The third-order valence-electron chi connectivity index (χ3n) is 2.26. The Hall–Kier alpha value is -2.06. The summed E-state index contributed by atoms with van der Waals surface area (Å²) in [6.07, 6.45) is 0.313. The molecule has 17 heavy (non-hydrogen) atoms. The molecule has 0 atom stereocenters. The quantitative estimate of drug-likeness (QED) is 0.701. The lowest BCUT2D eigenvalue weighted by molar-refractivity contribution is -0.117. The summed E-state index contributed by atoms with van der Waals surface area (Å²) in [5.74, 6) is 0.233. The number of carbonyl (C=O) groups is 1. The molecule has 0 heterocycles. The van der Waals surface area contributed by atoms with Crippen LogP contribution in [-0.4, -0.2) is 19.6 Å². The number of methoxy groups -OCH3 is 1. The molecule has 0 saturated heterocycles. The third kappa shape index (κ3) is 4.13. The molecule has 0 bridgehead atoms. The molecule has 0 aliphatic rings. The van der Waals surface area contributed by atoms with Gasteiger partial charge in [0.25, 0.3) is 0 Å². The highest BCUT2D eigenvalue weighted by Crippen LogP contribution is 2.18. The SMILES string of the molecule is COc1cc(CNCCC(N)=O)ccc1C#N. The monoisotopic (exact) mass is 233 g/mol. The Morgan fingerprint density at radius 2 is 2.35 bits per heavy atom. The molecule has 0 saturated carbocycles. The van der Waals surface area contributed by atoms with Crippen LogP contribution in [0.1, 0.15) is 17.5 Å². The van der Waals surface area contributed by atoms with E-state index in [0.29, 0.717) is 30.8 Å². The first-order valence-corrected chi connectivity index (χ1v) is 5.23. The third-order valence-corrected chi connectivity index (χ3v) is 2.26. The smallest absolute Gasteiger partial charge is 0.218 e. The minimum Gasteiger partial charge on any atom is -0.495 e. The van der Waals surface area contributed by atoms with Gasteiger partial charge in [0, 0.05) is 19.5 Å². The summed E-state index contributed by atoms with van der Waals surface area (Å²) < 4.78 is 5.10. The van der Waals surface area contributed by atoms with E-state index in [0.717, 1.165) is 5.56 Å². The number of hydrogen-bond acceptors (Lipinski definition) is 4. The minimum atomic E-state index is -0.324. The van der Waals surface area contributed by atoms with Crippen LogP contribution in [-0.2, 0) is 11.3 Å². The first-order chi connectivity index (χ1) is 8.17. The number of benzene rings is 1. The standard InChI is InChI=1S/C12H15N3O2/c1-17-11-6-9(2-3-10(11)7-13)8-15-5-4-12(14)16/h2-3,6,15H,4-5,8H2,1H3,(H2,14,16). The van der Waals surface area contributed by atoms with Crippen LogP contribution < -0.4 is 15.8 Å². The molecule has 0 fully saturated rings. The Morgan fingerprint density at radius 1 is 1.59 bits per heavy atom. The van der Waals surface area contributed by atoms with Gasteiger partial charge in [-0.2, -0.15) is 5.26 Å². The van der Waals surface area contributed by atoms with Gasteiger partial charge in [0.05, 0.1) is 12.7 Å². The zero-order valence-corrected chi connectivity index (χ0v) is 9.69. The van der Waals surface area contributed by atoms with Gasteiger partial charge in [0.1, 0.15) is 11.8 Å². The average molecular weight is 233 g/mol. The lowest BCUT2D eigenvalue weighted by Gasteiger charge is -2.07. The number of ether oxygens (including phenoxy) is 1. The van der Waals surface area contributed by atoms with Crippen LogP contribution in [0.2, 0.25) is 0 Å². The maximum atomic E-state index is 10.5. The summed E-state index contributed by atoms with van der Waals surface area (Å²) >= 11 is 0. The molecule has 5 nitrogen and oxygen atoms in total. The summed E-state index contributed by atoms with van der Waals surface area (Å²) in [4.78, 5) is 10.5. The largest absolute Gasteiger partial charge is 0.495 e. The predicted octanol–water partition coefficient (Wildman–Crippen LogP) is 0.532. The molecule has 5 heteroatoms. The van der Waals surface area contributed by atoms with Gasteiger partial charge in [-0.25, -0.2) is 0 Å². The number of carbonyl (C=O) groups excluding carboxylic acids is 1. The number of hydrogen-bond donors (Lipinski definition) is 2. The molecule has 0 radical (unpaired) electrons. The van der Waals surface area contributed by atoms with Crippen molar-refractivity contribution in [2.45, 2.75) is 13.0 Å². The van der Waals surface area contributed by atoms with Gasteiger partial charge in [0.2, 0.25) is 5.91 Å². The molecular weight excluding hydrogens is 218 g/mol. The van der Waals surface area contributed by atoms with Crippen molar-refractivity contribution in [1.29, 1.82) is 5.26 Å². The number of nitrogens with one attached hydrogen (secondary N) is 1. The first kappa shape index (κ1) is 13.0. The topological polar surface area (TPSA) is 88.1 Å². The van der Waals surface area contributed by atoms with E-state index in [4.69, 9.17) is 15.7 Å². The van der Waals surface area contributed by atoms with Crippen molar-refractivity contribution in [1.82, 2.24) is 5.32 Å². The summed E-state index contributed by atoms with van der Waals surface area (Å²) in [6.45, 7) is 1.15. The highest BCUT2D eigenvalue weighted by atomic mass is 16.5. The Bertz CT molecular complexity index is 438. The summed E-state index contributed by atoms with van der Waals surface area (Å²) in [5.41, 5.74) is 6.52. The molecule has 0 aliphatic carbocycles. The Balaban J connectivity index is 2.55. The fraction of sp³-hybridized carbons (Fsp3) is 0.333. The van der Waals surface area contributed by atoms with Crippen molar-refractivity contribution in [3.63, 3.8) is 0 Å². The number of primary amides is 1. The van der Waals surface area contributed by atoms with Gasteiger partial charge in [-0.15, -0.1) is 0 Å². The van der Waals surface area contributed by atoms with Crippen molar-refractivity contribution in [2.24, 2.45) is 5.73 Å². The van der Waals surface area contributed by atoms with Crippen LogP contribution in [0.4, 0.5) is 0 Å². The second-order valence-corrected chi connectivity index (χ2v) is 3.54. The number of nitrogens with zero attached hydrogens (tertiary/aromatic N) is 1. The maximum Gasteiger partial charge on any atom is 0.218 e. The van der Waals surface area contributed by atoms with Crippen molar-refractivity contribution < 1.29 is 9.53 Å². The Kier molecular flexibility index (Phi) is 4.98. The molecule has 1 aromatic carbocycles. The van der Waals surface area contributed by atoms with Crippen LogP contribution in [0, 0.1) is 11.3 Å². The predicted molar refractivity (Wildman–Crippen MR) is 63.2 cm³/mol. The average Bonchev–Trinajstić information content (AvgIpc) is 2.34. The van der Waals surface area contributed by atoms with Crippen molar-refractivity contribution in [3.05, 3.63) is 29.3 Å². The zero-order valence-electron chi connectivity index (χ0n) is 9.69. The van der Waals surface area contributed by atoms with Crippen LogP contribution in [0.5, 0.6) is 5.75 Å². The van der Waals surface area contributed by atoms with Crippen LogP contribution in [0.25, 0.3) is 0 Å². The van der Waals surface area contributed by atoms with Gasteiger partial charge >= 0.3 is 0 Å². The van der Waals surface area contributed by atoms with Crippen LogP contribution in [0.15, 0.2) is 18.2 Å². The van der Waals surface area contributed by atoms with Crippen molar-refractivity contribution >= 4 is 5.91 Å². The van der Waals surface area contributed by atoms with Crippen LogP contribution in [0.3, 0.4) is 0 Å². The maximum absolute atomic E-state index is 10.5. The Morgan fingerprint density at radius 3 is 2.94 bits per heavy atom. The van der Waals surface area contributed by atoms with Gasteiger partial charge in [0.15, 0.2) is 0 Å². The number of nitrogens with two attached hydrogens (primary N) is 1. The van der Waals surface area contributed by atoms with Crippen molar-refractivity contribution in [3.8, 4) is 11.8 Å².